The van der Waals surface area contributed by atoms with Gasteiger partial charge in [0.15, 0.2) is 11.5 Å². The van der Waals surface area contributed by atoms with E-state index in [1.165, 1.54) is 12.4 Å². The molecule has 0 spiro atoms. The molecule has 0 unspecified atom stereocenters. The maximum absolute atomic E-state index is 8.83. The summed E-state index contributed by atoms with van der Waals surface area (Å²) in [7, 11) is 1.63. The van der Waals surface area contributed by atoms with Crippen LogP contribution in [0.25, 0.3) is 11.3 Å². The summed E-state index contributed by atoms with van der Waals surface area (Å²) in [6.45, 7) is 0. The highest BCUT2D eigenvalue weighted by atomic mass is 16.5. The molecule has 0 radical (unpaired) electrons. The summed E-state index contributed by atoms with van der Waals surface area (Å²) in [4.78, 5) is 8.15. The first kappa shape index (κ1) is 19.7. The highest BCUT2D eigenvalue weighted by molar-refractivity contribution is 5.76. The van der Waals surface area contributed by atoms with Crippen molar-refractivity contribution in [3.8, 4) is 28.8 Å². The predicted molar refractivity (Wildman–Crippen MR) is 111 cm³/mol. The first-order valence-electron chi connectivity index (χ1n) is 9.80. The molecule has 0 saturated heterocycles. The van der Waals surface area contributed by atoms with Crippen molar-refractivity contribution in [2.45, 2.75) is 37.8 Å². The molecule has 9 nitrogen and oxygen atoms in total. The summed E-state index contributed by atoms with van der Waals surface area (Å²) in [6, 6.07) is 9.68. The molecule has 0 aliphatic heterocycles. The molecule has 4 rings (SSSR count). The van der Waals surface area contributed by atoms with Crippen molar-refractivity contribution in [2.24, 2.45) is 5.73 Å². The highest BCUT2D eigenvalue weighted by Crippen LogP contribution is 2.39. The number of benzene rings is 1. The minimum Gasteiger partial charge on any atom is -0.496 e. The van der Waals surface area contributed by atoms with Crippen LogP contribution in [0.3, 0.4) is 0 Å². The van der Waals surface area contributed by atoms with Gasteiger partial charge in [0.05, 0.1) is 30.8 Å². The molecule has 30 heavy (non-hydrogen) atoms. The molecule has 0 bridgehead atoms. The van der Waals surface area contributed by atoms with E-state index in [0.29, 0.717) is 17.4 Å². The molecule has 1 aromatic carbocycles. The second-order valence-corrected chi connectivity index (χ2v) is 7.19. The van der Waals surface area contributed by atoms with Gasteiger partial charge < -0.3 is 20.5 Å². The van der Waals surface area contributed by atoms with Gasteiger partial charge in [-0.15, -0.1) is 0 Å². The predicted octanol–water partition coefficient (Wildman–Crippen LogP) is 3.14. The first-order chi connectivity index (χ1) is 14.7. The third-order valence-corrected chi connectivity index (χ3v) is 5.04. The van der Waals surface area contributed by atoms with E-state index in [4.69, 9.17) is 20.5 Å². The van der Waals surface area contributed by atoms with Crippen molar-refractivity contribution < 1.29 is 9.47 Å². The number of hydrogen-bond donors (Lipinski definition) is 3. The third kappa shape index (κ3) is 4.34. The van der Waals surface area contributed by atoms with Crippen molar-refractivity contribution in [3.63, 3.8) is 0 Å². The van der Waals surface area contributed by atoms with Crippen molar-refractivity contribution in [3.05, 3.63) is 42.4 Å². The summed E-state index contributed by atoms with van der Waals surface area (Å²) in [5.41, 5.74) is 7.91. The maximum atomic E-state index is 8.83. The van der Waals surface area contributed by atoms with Crippen LogP contribution in [0, 0.1) is 11.3 Å². The average molecular weight is 405 g/mol. The molecule has 1 aliphatic rings. The van der Waals surface area contributed by atoms with E-state index in [2.05, 4.69) is 25.5 Å². The lowest BCUT2D eigenvalue weighted by Gasteiger charge is -2.28. The van der Waals surface area contributed by atoms with Crippen LogP contribution in [0.5, 0.6) is 11.5 Å². The number of aromatic amines is 1. The van der Waals surface area contributed by atoms with Gasteiger partial charge in [-0.1, -0.05) is 6.07 Å². The molecule has 9 heteroatoms. The Kier molecular flexibility index (Phi) is 5.77. The van der Waals surface area contributed by atoms with E-state index in [-0.39, 0.29) is 17.8 Å². The van der Waals surface area contributed by atoms with Gasteiger partial charge in [-0.05, 0) is 37.8 Å². The minimum absolute atomic E-state index is 0.0778. The number of nitrogens with zero attached hydrogens (tertiary/aromatic N) is 4. The zero-order valence-corrected chi connectivity index (χ0v) is 16.6. The van der Waals surface area contributed by atoms with Crippen LogP contribution >= 0.6 is 0 Å². The van der Waals surface area contributed by atoms with E-state index in [9.17, 15) is 0 Å². The lowest BCUT2D eigenvalue weighted by Crippen LogP contribution is -2.33. The summed E-state index contributed by atoms with van der Waals surface area (Å²) in [6.07, 6.45) is 6.89. The molecular weight excluding hydrogens is 382 g/mol. The number of ether oxygens (including phenoxy) is 2. The maximum Gasteiger partial charge on any atom is 0.158 e. The fraction of sp³-hybridized carbons (Fsp3) is 0.333. The Hall–Kier alpha value is -3.64. The molecular formula is C21H23N7O2. The Bertz CT molecular complexity index is 1040. The number of anilines is 2. The lowest BCUT2D eigenvalue weighted by atomic mass is 9.93. The third-order valence-electron chi connectivity index (χ3n) is 5.04. The Morgan fingerprint density at radius 2 is 2.07 bits per heavy atom. The van der Waals surface area contributed by atoms with Crippen LogP contribution in [0.15, 0.2) is 36.7 Å². The Balaban J connectivity index is 1.59. The quantitative estimate of drug-likeness (QED) is 0.569. The van der Waals surface area contributed by atoms with Gasteiger partial charge in [-0.2, -0.15) is 10.4 Å². The normalized spacial score (nSPS) is 18.4. The van der Waals surface area contributed by atoms with Crippen molar-refractivity contribution in [1.29, 1.82) is 5.26 Å². The zero-order chi connectivity index (χ0) is 20.9. The summed E-state index contributed by atoms with van der Waals surface area (Å²) < 4.78 is 11.9. The van der Waals surface area contributed by atoms with Gasteiger partial charge in [0.25, 0.3) is 0 Å². The smallest absolute Gasteiger partial charge is 0.158 e. The summed E-state index contributed by atoms with van der Waals surface area (Å²) in [5.74, 6) is 2.45. The van der Waals surface area contributed by atoms with E-state index < -0.39 is 0 Å². The molecule has 1 fully saturated rings. The SMILES string of the molecule is COc1cccc(O[C@H]2CCC[C@@H](N)C2)c1-c1cc(Nc2cnc(C#N)cn2)n[nH]1. The second kappa shape index (κ2) is 8.80. The largest absolute Gasteiger partial charge is 0.496 e. The van der Waals surface area contributed by atoms with Gasteiger partial charge >= 0.3 is 0 Å². The van der Waals surface area contributed by atoms with Gasteiger partial charge in [-0.3, -0.25) is 5.10 Å². The monoisotopic (exact) mass is 405 g/mol. The number of H-pyrrole nitrogens is 1. The molecule has 3 aromatic rings. The molecule has 2 atom stereocenters. The van der Waals surface area contributed by atoms with Crippen molar-refractivity contribution >= 4 is 11.6 Å². The van der Waals surface area contributed by atoms with E-state index in [1.807, 2.05) is 30.3 Å². The Morgan fingerprint density at radius 1 is 1.20 bits per heavy atom. The molecule has 2 aromatic heterocycles. The van der Waals surface area contributed by atoms with E-state index in [0.717, 1.165) is 42.7 Å². The van der Waals surface area contributed by atoms with Gasteiger partial charge in [0.2, 0.25) is 0 Å². The molecule has 0 amide bonds. The second-order valence-electron chi connectivity index (χ2n) is 7.19. The number of methoxy groups -OCH3 is 1. The van der Waals surface area contributed by atoms with Gasteiger partial charge in [-0.25, -0.2) is 9.97 Å². The standard InChI is InChI=1S/C21H23N7O2/c1-29-17-6-3-7-18(30-15-5-2-4-13(23)8-15)21(17)16-9-19(28-27-16)26-20-12-24-14(10-22)11-25-20/h3,6-7,9,11-13,15H,2,4-5,8,23H2,1H3,(H2,25,26,27,28)/t13-,15+/m1/s1. The fourth-order valence-corrected chi connectivity index (χ4v) is 3.61. The van der Waals surface area contributed by atoms with E-state index >= 15 is 0 Å². The van der Waals surface area contributed by atoms with Gasteiger partial charge in [0.1, 0.15) is 29.5 Å². The number of hydrogen-bond acceptors (Lipinski definition) is 8. The number of rotatable bonds is 6. The van der Waals surface area contributed by atoms with Crippen LogP contribution < -0.4 is 20.5 Å². The van der Waals surface area contributed by atoms with Crippen molar-refractivity contribution in [1.82, 2.24) is 20.2 Å². The van der Waals surface area contributed by atoms with Crippen LogP contribution in [0.1, 0.15) is 31.4 Å². The van der Waals surface area contributed by atoms with Crippen LogP contribution in [-0.2, 0) is 0 Å². The number of nitrogens with two attached hydrogens (primary N) is 1. The van der Waals surface area contributed by atoms with Crippen molar-refractivity contribution in [2.75, 3.05) is 12.4 Å². The van der Waals surface area contributed by atoms with Gasteiger partial charge in [0, 0.05) is 12.1 Å². The average Bonchev–Trinajstić information content (AvgIpc) is 3.22. The number of nitrogens with one attached hydrogen (secondary N) is 2. The van der Waals surface area contributed by atoms with Crippen LogP contribution in [0.4, 0.5) is 11.6 Å². The van der Waals surface area contributed by atoms with Crippen LogP contribution in [0.2, 0.25) is 0 Å². The minimum atomic E-state index is 0.0778. The summed E-state index contributed by atoms with van der Waals surface area (Å²) >= 11 is 0. The molecule has 4 N–H and O–H groups in total. The number of aromatic nitrogens is 4. The molecule has 154 valence electrons. The first-order valence-corrected chi connectivity index (χ1v) is 9.80. The van der Waals surface area contributed by atoms with Crippen LogP contribution in [-0.4, -0.2) is 39.4 Å². The molecule has 1 aliphatic carbocycles. The number of nitriles is 1. The Morgan fingerprint density at radius 3 is 2.80 bits per heavy atom. The summed E-state index contributed by atoms with van der Waals surface area (Å²) in [5, 5.41) is 19.2. The van der Waals surface area contributed by atoms with E-state index in [1.54, 1.807) is 7.11 Å². The highest BCUT2D eigenvalue weighted by Gasteiger charge is 2.23. The Labute approximate surface area is 174 Å². The topological polar surface area (TPSA) is 135 Å². The molecule has 1 saturated carbocycles. The fourth-order valence-electron chi connectivity index (χ4n) is 3.61. The lowest BCUT2D eigenvalue weighted by molar-refractivity contribution is 0.145. The molecule has 2 heterocycles. The zero-order valence-electron chi connectivity index (χ0n) is 16.6.